The molecule has 24 heavy (non-hydrogen) atoms. The maximum absolute atomic E-state index is 12.5. The second-order valence-corrected chi connectivity index (χ2v) is 5.19. The van der Waals surface area contributed by atoms with Crippen LogP contribution in [0.2, 0.25) is 0 Å². The Labute approximate surface area is 137 Å². The highest BCUT2D eigenvalue weighted by Crippen LogP contribution is 2.20. The van der Waals surface area contributed by atoms with Crippen molar-refractivity contribution in [2.75, 3.05) is 5.32 Å². The number of hydrogen-bond donors (Lipinski definition) is 2. The van der Waals surface area contributed by atoms with Crippen LogP contribution in [0.3, 0.4) is 0 Å². The van der Waals surface area contributed by atoms with E-state index in [1.807, 2.05) is 48.5 Å². The number of amides is 1. The predicted octanol–water partition coefficient (Wildman–Crippen LogP) is 3.27. The Balaban J connectivity index is 1.63. The fourth-order valence-corrected chi connectivity index (χ4v) is 2.45. The predicted molar refractivity (Wildman–Crippen MR) is 91.5 cm³/mol. The van der Waals surface area contributed by atoms with Gasteiger partial charge < -0.3 is 5.32 Å². The summed E-state index contributed by atoms with van der Waals surface area (Å²) >= 11 is 0. The summed E-state index contributed by atoms with van der Waals surface area (Å²) in [5, 5.41) is 10.7. The van der Waals surface area contributed by atoms with E-state index in [0.29, 0.717) is 17.2 Å². The molecule has 0 spiro atoms. The normalized spacial score (nSPS) is 10.7. The van der Waals surface area contributed by atoms with Gasteiger partial charge in [-0.1, -0.05) is 24.3 Å². The Bertz CT molecular complexity index is 1010. The van der Waals surface area contributed by atoms with Gasteiger partial charge in [0.1, 0.15) is 5.69 Å². The number of aromatic nitrogens is 4. The molecule has 0 aliphatic heterocycles. The average molecular weight is 315 g/mol. The van der Waals surface area contributed by atoms with Crippen LogP contribution in [0.25, 0.3) is 22.3 Å². The topological polar surface area (TPSA) is 83.6 Å². The van der Waals surface area contributed by atoms with Crippen LogP contribution in [0.1, 0.15) is 10.5 Å². The van der Waals surface area contributed by atoms with E-state index in [1.165, 1.54) is 0 Å². The van der Waals surface area contributed by atoms with Crippen molar-refractivity contribution in [1.82, 2.24) is 20.2 Å². The molecule has 0 fully saturated rings. The van der Waals surface area contributed by atoms with E-state index < -0.39 is 0 Å². The summed E-state index contributed by atoms with van der Waals surface area (Å²) in [6.07, 6.45) is 1.69. The van der Waals surface area contributed by atoms with Crippen LogP contribution in [0.4, 0.5) is 5.82 Å². The molecule has 0 saturated heterocycles. The van der Waals surface area contributed by atoms with Crippen molar-refractivity contribution in [2.24, 2.45) is 0 Å². The van der Waals surface area contributed by atoms with Crippen LogP contribution in [0.15, 0.2) is 66.9 Å². The minimum Gasteiger partial charge on any atom is -0.303 e. The maximum Gasteiger partial charge on any atom is 0.275 e. The molecular formula is C18H13N5O. The molecule has 0 aliphatic rings. The van der Waals surface area contributed by atoms with Crippen molar-refractivity contribution in [3.63, 3.8) is 0 Å². The van der Waals surface area contributed by atoms with Crippen molar-refractivity contribution in [2.45, 2.75) is 0 Å². The molecule has 0 atom stereocenters. The van der Waals surface area contributed by atoms with Crippen molar-refractivity contribution >= 4 is 22.6 Å². The highest BCUT2D eigenvalue weighted by molar-refractivity contribution is 6.06. The first-order chi connectivity index (χ1) is 11.8. The smallest absolute Gasteiger partial charge is 0.275 e. The number of benzene rings is 1. The average Bonchev–Trinajstić information content (AvgIpc) is 3.06. The zero-order valence-corrected chi connectivity index (χ0v) is 12.6. The van der Waals surface area contributed by atoms with Crippen LogP contribution < -0.4 is 5.32 Å². The second-order valence-electron chi connectivity index (χ2n) is 5.19. The van der Waals surface area contributed by atoms with Gasteiger partial charge in [-0.25, -0.2) is 4.98 Å². The molecule has 0 radical (unpaired) electrons. The van der Waals surface area contributed by atoms with Gasteiger partial charge in [-0.3, -0.25) is 14.9 Å². The van der Waals surface area contributed by atoms with E-state index in [0.717, 1.165) is 16.6 Å². The zero-order chi connectivity index (χ0) is 16.4. The molecule has 4 aromatic rings. The number of carbonyl (C=O) groups excluding carboxylic acids is 1. The standard InChI is InChI=1S/C18H13N5O/c24-18(21-17-12-6-1-2-7-13(12)22-23-17)16-10-5-9-15(20-16)14-8-3-4-11-19-14/h1-11H,(H2,21,22,23,24). The number of rotatable bonds is 3. The number of H-pyrrole nitrogens is 1. The molecule has 3 heterocycles. The third-order valence-electron chi connectivity index (χ3n) is 3.61. The number of pyridine rings is 2. The molecule has 4 rings (SSSR count). The number of nitrogens with one attached hydrogen (secondary N) is 2. The minimum atomic E-state index is -0.315. The molecule has 0 bridgehead atoms. The third kappa shape index (κ3) is 2.61. The molecule has 1 aromatic carbocycles. The second kappa shape index (κ2) is 5.92. The fraction of sp³-hybridized carbons (Fsp3) is 0. The third-order valence-corrected chi connectivity index (χ3v) is 3.61. The van der Waals surface area contributed by atoms with Crippen molar-refractivity contribution in [1.29, 1.82) is 0 Å². The Hall–Kier alpha value is -3.54. The van der Waals surface area contributed by atoms with Crippen molar-refractivity contribution in [3.8, 4) is 11.4 Å². The zero-order valence-electron chi connectivity index (χ0n) is 12.6. The number of para-hydroxylation sites is 1. The highest BCUT2D eigenvalue weighted by Gasteiger charge is 2.13. The van der Waals surface area contributed by atoms with Gasteiger partial charge in [0.2, 0.25) is 0 Å². The van der Waals surface area contributed by atoms with Crippen LogP contribution in [-0.2, 0) is 0 Å². The van der Waals surface area contributed by atoms with Crippen LogP contribution in [-0.4, -0.2) is 26.1 Å². The molecule has 1 amide bonds. The first-order valence-electron chi connectivity index (χ1n) is 7.44. The molecule has 116 valence electrons. The lowest BCUT2D eigenvalue weighted by Crippen LogP contribution is -2.14. The van der Waals surface area contributed by atoms with E-state index in [-0.39, 0.29) is 5.91 Å². The fourth-order valence-electron chi connectivity index (χ4n) is 2.45. The Kier molecular flexibility index (Phi) is 3.47. The summed E-state index contributed by atoms with van der Waals surface area (Å²) in [5.41, 5.74) is 2.54. The monoisotopic (exact) mass is 315 g/mol. The highest BCUT2D eigenvalue weighted by atomic mass is 16.1. The van der Waals surface area contributed by atoms with Gasteiger partial charge in [-0.05, 0) is 36.4 Å². The molecule has 0 aliphatic carbocycles. The van der Waals surface area contributed by atoms with Gasteiger partial charge in [0.05, 0.1) is 16.9 Å². The molecule has 0 unspecified atom stereocenters. The van der Waals surface area contributed by atoms with Crippen LogP contribution in [0, 0.1) is 0 Å². The van der Waals surface area contributed by atoms with Gasteiger partial charge in [0.15, 0.2) is 5.82 Å². The minimum absolute atomic E-state index is 0.310. The molecule has 6 nitrogen and oxygen atoms in total. The first kappa shape index (κ1) is 14.1. The molecule has 3 aromatic heterocycles. The van der Waals surface area contributed by atoms with E-state index in [4.69, 9.17) is 0 Å². The summed E-state index contributed by atoms with van der Waals surface area (Å²) in [6.45, 7) is 0. The van der Waals surface area contributed by atoms with Crippen LogP contribution in [0.5, 0.6) is 0 Å². The lowest BCUT2D eigenvalue weighted by Gasteiger charge is -2.04. The SMILES string of the molecule is O=C(Nc1n[nH]c2ccccc12)c1cccc(-c2ccccn2)n1. The number of carbonyl (C=O) groups is 1. The van der Waals surface area contributed by atoms with E-state index in [9.17, 15) is 4.79 Å². The van der Waals surface area contributed by atoms with Gasteiger partial charge in [-0.15, -0.1) is 0 Å². The van der Waals surface area contributed by atoms with E-state index in [2.05, 4.69) is 25.5 Å². The van der Waals surface area contributed by atoms with Gasteiger partial charge in [0.25, 0.3) is 5.91 Å². The lowest BCUT2D eigenvalue weighted by atomic mass is 10.2. The first-order valence-corrected chi connectivity index (χ1v) is 7.44. The Morgan fingerprint density at radius 3 is 2.62 bits per heavy atom. The molecular weight excluding hydrogens is 302 g/mol. The summed E-state index contributed by atoms with van der Waals surface area (Å²) in [4.78, 5) is 21.1. The largest absolute Gasteiger partial charge is 0.303 e. The van der Waals surface area contributed by atoms with Gasteiger partial charge in [-0.2, -0.15) is 5.10 Å². The summed E-state index contributed by atoms with van der Waals surface area (Å²) in [6, 6.07) is 18.4. The molecule has 2 N–H and O–H groups in total. The van der Waals surface area contributed by atoms with Crippen molar-refractivity contribution < 1.29 is 4.79 Å². The number of anilines is 1. The summed E-state index contributed by atoms with van der Waals surface area (Å²) in [7, 11) is 0. The number of aromatic amines is 1. The Morgan fingerprint density at radius 2 is 1.75 bits per heavy atom. The Morgan fingerprint density at radius 1 is 0.917 bits per heavy atom. The number of hydrogen-bond acceptors (Lipinski definition) is 4. The maximum atomic E-state index is 12.5. The summed E-state index contributed by atoms with van der Waals surface area (Å²) < 4.78 is 0. The van der Waals surface area contributed by atoms with Gasteiger partial charge >= 0.3 is 0 Å². The van der Waals surface area contributed by atoms with E-state index >= 15 is 0 Å². The van der Waals surface area contributed by atoms with Gasteiger partial charge in [0, 0.05) is 11.6 Å². The quantitative estimate of drug-likeness (QED) is 0.608. The van der Waals surface area contributed by atoms with Crippen molar-refractivity contribution in [3.05, 3.63) is 72.6 Å². The molecule has 6 heteroatoms. The molecule has 0 saturated carbocycles. The van der Waals surface area contributed by atoms with E-state index in [1.54, 1.807) is 18.3 Å². The number of nitrogens with zero attached hydrogens (tertiary/aromatic N) is 3. The summed E-state index contributed by atoms with van der Waals surface area (Å²) in [5.74, 6) is 0.172. The lowest BCUT2D eigenvalue weighted by molar-refractivity contribution is 0.102. The van der Waals surface area contributed by atoms with Crippen LogP contribution >= 0.6 is 0 Å². The number of fused-ring (bicyclic) bond motifs is 1.